The van der Waals surface area contributed by atoms with Crippen molar-refractivity contribution in [3.63, 3.8) is 0 Å². The second kappa shape index (κ2) is 9.01. The van der Waals surface area contributed by atoms with Gasteiger partial charge in [-0.2, -0.15) is 0 Å². The summed E-state index contributed by atoms with van der Waals surface area (Å²) in [5.74, 6) is -0.632. The molecular formula is C20H24N2O4. The molecule has 1 unspecified atom stereocenters. The molecule has 138 valence electrons. The first kappa shape index (κ1) is 19.5. The van der Waals surface area contributed by atoms with Crippen LogP contribution in [0.5, 0.6) is 11.5 Å². The molecule has 0 fully saturated rings. The molecule has 2 aromatic carbocycles. The van der Waals surface area contributed by atoms with Crippen LogP contribution in [0.4, 0.5) is 5.69 Å². The summed E-state index contributed by atoms with van der Waals surface area (Å²) >= 11 is 0. The van der Waals surface area contributed by atoms with Gasteiger partial charge in [-0.25, -0.2) is 5.48 Å². The van der Waals surface area contributed by atoms with E-state index in [1.807, 2.05) is 45.0 Å². The molecular weight excluding hydrogens is 332 g/mol. The SMILES string of the molecule is Cc1ccc(Oc2ccc(NC(=O)C(CC(C)C)C(=O)NO)cc2)cc1. The highest BCUT2D eigenvalue weighted by molar-refractivity contribution is 6.06. The van der Waals surface area contributed by atoms with E-state index in [1.54, 1.807) is 29.7 Å². The quantitative estimate of drug-likeness (QED) is 0.399. The van der Waals surface area contributed by atoms with Crippen molar-refractivity contribution in [3.05, 3.63) is 54.1 Å². The van der Waals surface area contributed by atoms with Gasteiger partial charge in [-0.3, -0.25) is 14.8 Å². The van der Waals surface area contributed by atoms with Crippen molar-refractivity contribution in [2.45, 2.75) is 27.2 Å². The Hall–Kier alpha value is -2.86. The van der Waals surface area contributed by atoms with Crippen LogP contribution >= 0.6 is 0 Å². The fraction of sp³-hybridized carbons (Fsp3) is 0.300. The summed E-state index contributed by atoms with van der Waals surface area (Å²) < 4.78 is 5.74. The molecule has 1 atom stereocenters. The molecule has 0 aliphatic heterocycles. The lowest BCUT2D eigenvalue weighted by atomic mass is 9.95. The molecule has 0 saturated carbocycles. The Kier molecular flexibility index (Phi) is 6.74. The van der Waals surface area contributed by atoms with Gasteiger partial charge in [0.05, 0.1) is 0 Å². The van der Waals surface area contributed by atoms with E-state index in [-0.39, 0.29) is 5.92 Å². The Morgan fingerprint density at radius 1 is 0.962 bits per heavy atom. The molecule has 2 amide bonds. The maximum absolute atomic E-state index is 12.3. The molecule has 0 aliphatic carbocycles. The highest BCUT2D eigenvalue weighted by Crippen LogP contribution is 2.24. The van der Waals surface area contributed by atoms with Crippen LogP contribution in [0.15, 0.2) is 48.5 Å². The van der Waals surface area contributed by atoms with E-state index in [2.05, 4.69) is 5.32 Å². The van der Waals surface area contributed by atoms with Gasteiger partial charge in [0, 0.05) is 5.69 Å². The molecule has 0 radical (unpaired) electrons. The molecule has 0 heterocycles. The zero-order valence-corrected chi connectivity index (χ0v) is 15.2. The second-order valence-electron chi connectivity index (χ2n) is 6.59. The number of amides is 2. The lowest BCUT2D eigenvalue weighted by Gasteiger charge is -2.17. The van der Waals surface area contributed by atoms with Crippen molar-refractivity contribution in [2.24, 2.45) is 11.8 Å². The maximum atomic E-state index is 12.3. The zero-order valence-electron chi connectivity index (χ0n) is 15.2. The fourth-order valence-corrected chi connectivity index (χ4v) is 2.46. The van der Waals surface area contributed by atoms with Gasteiger partial charge in [0.1, 0.15) is 17.4 Å². The smallest absolute Gasteiger partial charge is 0.255 e. The lowest BCUT2D eigenvalue weighted by Crippen LogP contribution is -2.37. The minimum absolute atomic E-state index is 0.133. The molecule has 0 aromatic heterocycles. The van der Waals surface area contributed by atoms with Crippen molar-refractivity contribution < 1.29 is 19.5 Å². The summed E-state index contributed by atoms with van der Waals surface area (Å²) in [6.45, 7) is 5.81. The van der Waals surface area contributed by atoms with Crippen LogP contribution in [-0.2, 0) is 9.59 Å². The van der Waals surface area contributed by atoms with E-state index in [9.17, 15) is 9.59 Å². The van der Waals surface area contributed by atoms with Crippen LogP contribution in [0.1, 0.15) is 25.8 Å². The molecule has 6 heteroatoms. The van der Waals surface area contributed by atoms with E-state index < -0.39 is 17.7 Å². The number of ether oxygens (including phenoxy) is 1. The number of hydrogen-bond acceptors (Lipinski definition) is 4. The number of hydrogen-bond donors (Lipinski definition) is 3. The minimum Gasteiger partial charge on any atom is -0.457 e. The summed E-state index contributed by atoms with van der Waals surface area (Å²) in [5.41, 5.74) is 3.26. The number of carbonyl (C=O) groups is 2. The Balaban J connectivity index is 2.01. The normalized spacial score (nSPS) is 11.7. The Labute approximate surface area is 153 Å². The molecule has 0 bridgehead atoms. The van der Waals surface area contributed by atoms with Gasteiger partial charge in [0.2, 0.25) is 5.91 Å². The van der Waals surface area contributed by atoms with E-state index in [4.69, 9.17) is 9.94 Å². The van der Waals surface area contributed by atoms with Gasteiger partial charge in [0.15, 0.2) is 0 Å². The Bertz CT molecular complexity index is 739. The predicted octanol–water partition coefficient (Wildman–Crippen LogP) is 3.89. The summed E-state index contributed by atoms with van der Waals surface area (Å²) in [7, 11) is 0. The number of rotatable bonds is 7. The third-order valence-corrected chi connectivity index (χ3v) is 3.83. The van der Waals surface area contributed by atoms with Crippen LogP contribution in [0.2, 0.25) is 0 Å². The van der Waals surface area contributed by atoms with Crippen LogP contribution in [0.3, 0.4) is 0 Å². The van der Waals surface area contributed by atoms with Crippen molar-refractivity contribution >= 4 is 17.5 Å². The number of hydroxylamine groups is 1. The van der Waals surface area contributed by atoms with Crippen LogP contribution in [0, 0.1) is 18.8 Å². The second-order valence-corrected chi connectivity index (χ2v) is 6.59. The fourth-order valence-electron chi connectivity index (χ4n) is 2.46. The van der Waals surface area contributed by atoms with Gasteiger partial charge >= 0.3 is 0 Å². The molecule has 6 nitrogen and oxygen atoms in total. The first-order valence-corrected chi connectivity index (χ1v) is 8.48. The molecule has 3 N–H and O–H groups in total. The van der Waals surface area contributed by atoms with E-state index >= 15 is 0 Å². The number of carbonyl (C=O) groups excluding carboxylic acids is 2. The van der Waals surface area contributed by atoms with Crippen LogP contribution in [0.25, 0.3) is 0 Å². The summed E-state index contributed by atoms with van der Waals surface area (Å²) in [6.07, 6.45) is 0.340. The average Bonchev–Trinajstić information content (AvgIpc) is 2.62. The molecule has 2 rings (SSSR count). The largest absolute Gasteiger partial charge is 0.457 e. The monoisotopic (exact) mass is 356 g/mol. The number of anilines is 1. The van der Waals surface area contributed by atoms with Gasteiger partial charge in [-0.1, -0.05) is 31.5 Å². The zero-order chi connectivity index (χ0) is 19.1. The molecule has 0 aliphatic rings. The molecule has 0 saturated heterocycles. The molecule has 0 spiro atoms. The van der Waals surface area contributed by atoms with Gasteiger partial charge in [-0.15, -0.1) is 0 Å². The number of aryl methyl sites for hydroxylation is 1. The third-order valence-electron chi connectivity index (χ3n) is 3.83. The topological polar surface area (TPSA) is 87.7 Å². The van der Waals surface area contributed by atoms with Crippen molar-refractivity contribution in [1.29, 1.82) is 0 Å². The first-order chi connectivity index (χ1) is 12.4. The lowest BCUT2D eigenvalue weighted by molar-refractivity contribution is -0.139. The molecule has 26 heavy (non-hydrogen) atoms. The number of nitrogens with one attached hydrogen (secondary N) is 2. The van der Waals surface area contributed by atoms with E-state index in [0.29, 0.717) is 17.9 Å². The Morgan fingerprint density at radius 3 is 2.00 bits per heavy atom. The summed E-state index contributed by atoms with van der Waals surface area (Å²) in [6, 6.07) is 14.6. The standard InChI is InChI=1S/C20H24N2O4/c1-13(2)12-18(20(24)22-25)19(23)21-15-6-10-17(11-7-15)26-16-8-4-14(3)5-9-16/h4-11,13,18,25H,12H2,1-3H3,(H,21,23)(H,22,24). The summed E-state index contributed by atoms with van der Waals surface area (Å²) in [4.78, 5) is 24.1. The van der Waals surface area contributed by atoms with Crippen molar-refractivity contribution in [1.82, 2.24) is 5.48 Å². The van der Waals surface area contributed by atoms with Gasteiger partial charge < -0.3 is 10.1 Å². The third kappa shape index (κ3) is 5.60. The first-order valence-electron chi connectivity index (χ1n) is 8.48. The summed E-state index contributed by atoms with van der Waals surface area (Å²) in [5, 5.41) is 11.5. The van der Waals surface area contributed by atoms with E-state index in [1.165, 1.54) is 0 Å². The highest BCUT2D eigenvalue weighted by Gasteiger charge is 2.27. The van der Waals surface area contributed by atoms with Crippen LogP contribution in [-0.4, -0.2) is 17.0 Å². The van der Waals surface area contributed by atoms with Gasteiger partial charge in [-0.05, 0) is 55.7 Å². The maximum Gasteiger partial charge on any atom is 0.255 e. The Morgan fingerprint density at radius 2 is 1.50 bits per heavy atom. The van der Waals surface area contributed by atoms with Crippen molar-refractivity contribution in [2.75, 3.05) is 5.32 Å². The number of benzene rings is 2. The highest BCUT2D eigenvalue weighted by atomic mass is 16.5. The van der Waals surface area contributed by atoms with E-state index in [0.717, 1.165) is 11.3 Å². The van der Waals surface area contributed by atoms with Crippen LogP contribution < -0.4 is 15.5 Å². The van der Waals surface area contributed by atoms with Gasteiger partial charge in [0.25, 0.3) is 5.91 Å². The average molecular weight is 356 g/mol. The molecule has 2 aromatic rings. The minimum atomic E-state index is -0.955. The predicted molar refractivity (Wildman–Crippen MR) is 99.2 cm³/mol. The van der Waals surface area contributed by atoms with Crippen molar-refractivity contribution in [3.8, 4) is 11.5 Å².